The molecular weight excluding hydrogens is 124 g/mol. The molecule has 0 radical (unpaired) electrons. The van der Waals surface area contributed by atoms with E-state index in [1.165, 1.54) is 5.56 Å². The van der Waals surface area contributed by atoms with Gasteiger partial charge in [0.15, 0.2) is 0 Å². The van der Waals surface area contributed by atoms with Crippen molar-refractivity contribution in [2.24, 2.45) is 0 Å². The molecule has 2 nitrogen and oxygen atoms in total. The van der Waals surface area contributed by atoms with Crippen molar-refractivity contribution in [3.8, 4) is 0 Å². The van der Waals surface area contributed by atoms with E-state index in [0.29, 0.717) is 6.04 Å². The highest BCUT2D eigenvalue weighted by Crippen LogP contribution is 2.10. The molecule has 1 aromatic heterocycles. The van der Waals surface area contributed by atoms with Gasteiger partial charge in [0.1, 0.15) is 5.82 Å². The van der Waals surface area contributed by atoms with E-state index in [-0.39, 0.29) is 0 Å². The maximum Gasteiger partial charge on any atom is 0.106 e. The van der Waals surface area contributed by atoms with Crippen LogP contribution in [0.5, 0.6) is 0 Å². The number of aromatic amines is 1. The summed E-state index contributed by atoms with van der Waals surface area (Å²) in [6.45, 7) is 6.34. The quantitative estimate of drug-likeness (QED) is 0.643. The Morgan fingerprint density at radius 2 is 2.20 bits per heavy atom. The molecule has 10 heavy (non-hydrogen) atoms. The highest BCUT2D eigenvalue weighted by atomic mass is 15.0. The van der Waals surface area contributed by atoms with E-state index in [2.05, 4.69) is 37.1 Å². The molecule has 1 heterocycles. The molecule has 0 amide bonds. The fourth-order valence-electron chi connectivity index (χ4n) is 0.891. The van der Waals surface area contributed by atoms with Gasteiger partial charge in [0, 0.05) is 12.2 Å². The van der Waals surface area contributed by atoms with Crippen LogP contribution in [0.1, 0.15) is 19.4 Å². The van der Waals surface area contributed by atoms with Gasteiger partial charge in [-0.1, -0.05) is 0 Å². The van der Waals surface area contributed by atoms with Gasteiger partial charge in [0.05, 0.1) is 0 Å². The Hall–Kier alpha value is -0.920. The summed E-state index contributed by atoms with van der Waals surface area (Å²) < 4.78 is 0. The highest BCUT2D eigenvalue weighted by molar-refractivity contribution is 5.44. The number of H-pyrrole nitrogens is 1. The molecule has 56 valence electrons. The first-order valence-electron chi connectivity index (χ1n) is 3.60. The summed E-state index contributed by atoms with van der Waals surface area (Å²) in [5, 5.41) is 3.30. The molecule has 0 fully saturated rings. The smallest absolute Gasteiger partial charge is 0.106 e. The lowest BCUT2D eigenvalue weighted by molar-refractivity contribution is 0.890. The Morgan fingerprint density at radius 3 is 2.60 bits per heavy atom. The molecule has 0 aliphatic rings. The maximum atomic E-state index is 3.30. The van der Waals surface area contributed by atoms with E-state index in [9.17, 15) is 0 Å². The minimum absolute atomic E-state index is 0.498. The fourth-order valence-corrected chi connectivity index (χ4v) is 0.891. The first kappa shape index (κ1) is 7.19. The van der Waals surface area contributed by atoms with E-state index in [1.54, 1.807) is 0 Å². The summed E-state index contributed by atoms with van der Waals surface area (Å²) in [4.78, 5) is 3.13. The summed E-state index contributed by atoms with van der Waals surface area (Å²) in [6.07, 6.45) is 1.94. The van der Waals surface area contributed by atoms with E-state index in [1.807, 2.05) is 6.20 Å². The number of nitrogens with one attached hydrogen (secondary N) is 2. The molecule has 0 bridgehead atoms. The van der Waals surface area contributed by atoms with E-state index in [4.69, 9.17) is 0 Å². The van der Waals surface area contributed by atoms with Crippen molar-refractivity contribution in [1.29, 1.82) is 0 Å². The second kappa shape index (κ2) is 2.78. The van der Waals surface area contributed by atoms with Crippen molar-refractivity contribution in [1.82, 2.24) is 4.98 Å². The summed E-state index contributed by atoms with van der Waals surface area (Å²) in [7, 11) is 0. The number of rotatable bonds is 2. The monoisotopic (exact) mass is 138 g/mol. The Labute approximate surface area is 61.7 Å². The molecule has 0 aliphatic carbocycles. The molecule has 0 aliphatic heterocycles. The molecule has 0 spiro atoms. The van der Waals surface area contributed by atoms with Crippen molar-refractivity contribution in [3.63, 3.8) is 0 Å². The van der Waals surface area contributed by atoms with Crippen molar-refractivity contribution >= 4 is 5.82 Å². The SMILES string of the molecule is Cc1cc[nH]c1NC(C)C. The zero-order valence-electron chi connectivity index (χ0n) is 6.73. The average Bonchev–Trinajstić information content (AvgIpc) is 2.15. The van der Waals surface area contributed by atoms with Crippen LogP contribution in [0.2, 0.25) is 0 Å². The van der Waals surface area contributed by atoms with Crippen molar-refractivity contribution in [2.75, 3.05) is 5.32 Å². The zero-order valence-corrected chi connectivity index (χ0v) is 6.73. The van der Waals surface area contributed by atoms with Crippen LogP contribution < -0.4 is 5.32 Å². The number of aryl methyl sites for hydroxylation is 1. The number of hydrogen-bond donors (Lipinski definition) is 2. The highest BCUT2D eigenvalue weighted by Gasteiger charge is 1.97. The van der Waals surface area contributed by atoms with Crippen molar-refractivity contribution < 1.29 is 0 Å². The van der Waals surface area contributed by atoms with Gasteiger partial charge in [-0.25, -0.2) is 0 Å². The van der Waals surface area contributed by atoms with E-state index < -0.39 is 0 Å². The Kier molecular flexibility index (Phi) is 2.00. The Balaban J connectivity index is 2.65. The predicted molar refractivity (Wildman–Crippen MR) is 44.3 cm³/mol. The third kappa shape index (κ3) is 1.53. The van der Waals surface area contributed by atoms with Gasteiger partial charge in [-0.3, -0.25) is 0 Å². The minimum atomic E-state index is 0.498. The van der Waals surface area contributed by atoms with Crippen molar-refractivity contribution in [2.45, 2.75) is 26.8 Å². The number of anilines is 1. The van der Waals surface area contributed by atoms with Crippen molar-refractivity contribution in [3.05, 3.63) is 17.8 Å². The molecule has 1 aromatic rings. The van der Waals surface area contributed by atoms with Crippen LogP contribution in [0.25, 0.3) is 0 Å². The van der Waals surface area contributed by atoms with Crippen LogP contribution in [-0.2, 0) is 0 Å². The average molecular weight is 138 g/mol. The van der Waals surface area contributed by atoms with Gasteiger partial charge >= 0.3 is 0 Å². The van der Waals surface area contributed by atoms with Gasteiger partial charge < -0.3 is 10.3 Å². The molecule has 0 atom stereocenters. The van der Waals surface area contributed by atoms with E-state index in [0.717, 1.165) is 5.82 Å². The van der Waals surface area contributed by atoms with Crippen LogP contribution in [0.4, 0.5) is 5.82 Å². The third-order valence-corrected chi connectivity index (χ3v) is 1.39. The zero-order chi connectivity index (χ0) is 7.56. The molecule has 0 unspecified atom stereocenters. The molecule has 2 heteroatoms. The largest absolute Gasteiger partial charge is 0.369 e. The summed E-state index contributed by atoms with van der Waals surface area (Å²) in [5.41, 5.74) is 1.27. The summed E-state index contributed by atoms with van der Waals surface area (Å²) >= 11 is 0. The number of hydrogen-bond acceptors (Lipinski definition) is 1. The first-order valence-corrected chi connectivity index (χ1v) is 3.60. The molecule has 1 rings (SSSR count). The van der Waals surface area contributed by atoms with Crippen LogP contribution in [0, 0.1) is 6.92 Å². The molecular formula is C8H14N2. The Morgan fingerprint density at radius 1 is 1.50 bits per heavy atom. The molecule has 2 N–H and O–H groups in total. The molecule has 0 saturated carbocycles. The summed E-state index contributed by atoms with van der Waals surface area (Å²) in [5.74, 6) is 1.13. The predicted octanol–water partition coefficient (Wildman–Crippen LogP) is 2.14. The topological polar surface area (TPSA) is 27.8 Å². The van der Waals surface area contributed by atoms with Gasteiger partial charge in [-0.05, 0) is 32.4 Å². The molecule has 0 saturated heterocycles. The second-order valence-corrected chi connectivity index (χ2v) is 2.83. The van der Waals surface area contributed by atoms with Crippen LogP contribution in [0.3, 0.4) is 0 Å². The van der Waals surface area contributed by atoms with Gasteiger partial charge in [-0.2, -0.15) is 0 Å². The lowest BCUT2D eigenvalue weighted by Gasteiger charge is -2.07. The van der Waals surface area contributed by atoms with Crippen LogP contribution >= 0.6 is 0 Å². The third-order valence-electron chi connectivity index (χ3n) is 1.39. The van der Waals surface area contributed by atoms with Crippen LogP contribution in [0.15, 0.2) is 12.3 Å². The minimum Gasteiger partial charge on any atom is -0.369 e. The fraction of sp³-hybridized carbons (Fsp3) is 0.500. The first-order chi connectivity index (χ1) is 4.70. The second-order valence-electron chi connectivity index (χ2n) is 2.83. The van der Waals surface area contributed by atoms with Gasteiger partial charge in [0.2, 0.25) is 0 Å². The lowest BCUT2D eigenvalue weighted by atomic mass is 10.3. The standard InChI is InChI=1S/C8H14N2/c1-6(2)10-8-7(3)4-5-9-8/h4-6,9-10H,1-3H3. The number of aromatic nitrogens is 1. The Bertz CT molecular complexity index is 201. The molecule has 0 aromatic carbocycles. The normalized spacial score (nSPS) is 10.4. The summed E-state index contributed by atoms with van der Waals surface area (Å²) in [6, 6.07) is 2.56. The van der Waals surface area contributed by atoms with Crippen LogP contribution in [-0.4, -0.2) is 11.0 Å². The van der Waals surface area contributed by atoms with E-state index >= 15 is 0 Å². The van der Waals surface area contributed by atoms with Gasteiger partial charge in [-0.15, -0.1) is 0 Å². The maximum absolute atomic E-state index is 3.30. The lowest BCUT2D eigenvalue weighted by Crippen LogP contribution is -2.10. The van der Waals surface area contributed by atoms with Gasteiger partial charge in [0.25, 0.3) is 0 Å².